The fourth-order valence-corrected chi connectivity index (χ4v) is 2.07. The highest BCUT2D eigenvalue weighted by Crippen LogP contribution is 3.10. The number of hydrogen-bond acceptors (Lipinski definition) is 4. The quantitative estimate of drug-likeness (QED) is 0.322. The van der Waals surface area contributed by atoms with Crippen LogP contribution in [0.1, 0.15) is 0 Å². The third kappa shape index (κ3) is 0.0135. The van der Waals surface area contributed by atoms with Crippen molar-refractivity contribution in [1.82, 2.24) is 20.0 Å². The first-order valence-corrected chi connectivity index (χ1v) is 2.19. The molecule has 0 amide bonds. The standard InChI is InChI=1S/C2N4/c3-1-4(3)2(3)5(1)6(1)2. The van der Waals surface area contributed by atoms with Crippen LogP contribution in [0.15, 0.2) is 0 Å². The Morgan fingerprint density at radius 2 is 1.00 bits per heavy atom. The van der Waals surface area contributed by atoms with E-state index in [4.69, 9.17) is 0 Å². The lowest BCUT2D eigenvalue weighted by Gasteiger charge is -2.28. The molecule has 4 aliphatic rings. The van der Waals surface area contributed by atoms with Crippen LogP contribution >= 0.6 is 0 Å². The molecule has 0 aromatic rings. The molecule has 0 bridgehead atoms. The fraction of sp³-hybridized carbons (Fsp3) is 1.00. The Morgan fingerprint density at radius 1 is 0.667 bits per heavy atom. The molecule has 0 aliphatic carbocycles. The number of fused-ring (bicyclic) bond motifs is 10. The first kappa shape index (κ1) is 1.41. The van der Waals surface area contributed by atoms with Crippen LogP contribution in [0, 0.1) is 0 Å². The molecule has 4 heterocycles. The SMILES string of the molecule is N12N3C14N1N4C231. The van der Waals surface area contributed by atoms with Crippen LogP contribution in [0.2, 0.25) is 0 Å². The second-order valence-electron chi connectivity index (χ2n) is 2.45. The van der Waals surface area contributed by atoms with Gasteiger partial charge in [-0.15, -0.1) is 20.0 Å². The summed E-state index contributed by atoms with van der Waals surface area (Å²) in [6.07, 6.45) is 0. The Labute approximate surface area is 33.1 Å². The lowest BCUT2D eigenvalue weighted by Crippen LogP contribution is -2.62. The van der Waals surface area contributed by atoms with Gasteiger partial charge >= 0.3 is 0 Å². The summed E-state index contributed by atoms with van der Waals surface area (Å²) in [5.41, 5.74) is 0. The van der Waals surface area contributed by atoms with Gasteiger partial charge in [-0.25, -0.2) is 0 Å². The van der Waals surface area contributed by atoms with Crippen molar-refractivity contribution in [2.75, 3.05) is 0 Å². The molecule has 0 atom stereocenters. The summed E-state index contributed by atoms with van der Waals surface area (Å²) >= 11 is 0. The summed E-state index contributed by atoms with van der Waals surface area (Å²) in [7, 11) is 0. The predicted molar refractivity (Wildman–Crippen MR) is 12.8 cm³/mol. The average Bonchev–Trinajstić information content (AvgIpc) is 2.12. The van der Waals surface area contributed by atoms with Gasteiger partial charge in [0, 0.05) is 0 Å². The Balaban J connectivity index is 2.53. The molecule has 4 nitrogen and oxygen atoms in total. The van der Waals surface area contributed by atoms with Crippen LogP contribution < -0.4 is 0 Å². The Kier molecular flexibility index (Phi) is 0.0296. The molecule has 4 fully saturated rings. The normalized spacial score (nSPS) is 136. The van der Waals surface area contributed by atoms with E-state index in [0.717, 1.165) is 0 Å². The van der Waals surface area contributed by atoms with Gasteiger partial charge in [-0.3, -0.25) is 0 Å². The Bertz CT molecular complexity index is 151. The maximum absolute atomic E-state index is 2.38. The molecule has 2 spiro atoms. The molecule has 4 heteroatoms. The number of hydrogen-bond donors (Lipinski definition) is 0. The molecule has 0 radical (unpaired) electrons. The zero-order valence-corrected chi connectivity index (χ0v) is 2.79. The summed E-state index contributed by atoms with van der Waals surface area (Å²) in [5, 5.41) is 9.50. The highest BCUT2D eigenvalue weighted by Gasteiger charge is 3.41. The maximum atomic E-state index is 2.38. The minimum Gasteiger partial charge on any atom is -0.130 e. The fourth-order valence-electron chi connectivity index (χ4n) is 2.07. The van der Waals surface area contributed by atoms with Crippen LogP contribution in [0.5, 0.6) is 0 Å². The molecule has 4 saturated heterocycles. The third-order valence-corrected chi connectivity index (χ3v) is 2.52. The molecular weight excluding hydrogens is 80.0 g/mol. The van der Waals surface area contributed by atoms with Crippen LogP contribution in [-0.4, -0.2) is 31.9 Å². The van der Waals surface area contributed by atoms with Gasteiger partial charge in [-0.05, 0) is 0 Å². The lowest BCUT2D eigenvalue weighted by molar-refractivity contribution is -0.0425. The van der Waals surface area contributed by atoms with E-state index in [1.807, 2.05) is 0 Å². The van der Waals surface area contributed by atoms with Crippen molar-refractivity contribution in [1.29, 1.82) is 0 Å². The van der Waals surface area contributed by atoms with Crippen molar-refractivity contribution in [3.8, 4) is 0 Å². The van der Waals surface area contributed by atoms with E-state index in [1.54, 1.807) is 0 Å². The van der Waals surface area contributed by atoms with E-state index in [9.17, 15) is 0 Å². The highest BCUT2D eigenvalue weighted by molar-refractivity contribution is 5.62. The van der Waals surface area contributed by atoms with Crippen LogP contribution in [0.4, 0.5) is 0 Å². The highest BCUT2D eigenvalue weighted by atomic mass is 16.7. The van der Waals surface area contributed by atoms with Gasteiger partial charge in [-0.1, -0.05) is 0 Å². The van der Waals surface area contributed by atoms with E-state index in [2.05, 4.69) is 20.0 Å². The molecule has 0 saturated carbocycles. The van der Waals surface area contributed by atoms with Crippen LogP contribution in [0.25, 0.3) is 0 Å². The van der Waals surface area contributed by atoms with Gasteiger partial charge in [0.1, 0.15) is 0 Å². The average molecular weight is 80.0 g/mol. The van der Waals surface area contributed by atoms with Gasteiger partial charge in [0.2, 0.25) is 0 Å². The van der Waals surface area contributed by atoms with Gasteiger partial charge < -0.3 is 0 Å². The van der Waals surface area contributed by atoms with Gasteiger partial charge in [0.15, 0.2) is 0 Å². The monoisotopic (exact) mass is 80.0 g/mol. The van der Waals surface area contributed by atoms with Crippen LogP contribution in [0.3, 0.4) is 0 Å². The second-order valence-corrected chi connectivity index (χ2v) is 2.45. The summed E-state index contributed by atoms with van der Waals surface area (Å²) in [6.45, 7) is 0. The molecule has 0 aromatic heterocycles. The molecule has 4 aliphatic heterocycles. The lowest BCUT2D eigenvalue weighted by atomic mass is 10.3. The van der Waals surface area contributed by atoms with Crippen LogP contribution in [-0.2, 0) is 0 Å². The van der Waals surface area contributed by atoms with Crippen molar-refractivity contribution in [3.05, 3.63) is 0 Å². The molecular formula is C2N4. The van der Waals surface area contributed by atoms with Crippen molar-refractivity contribution in [3.63, 3.8) is 0 Å². The van der Waals surface area contributed by atoms with E-state index in [1.165, 1.54) is 0 Å². The molecule has 0 aromatic carbocycles. The van der Waals surface area contributed by atoms with E-state index in [0.29, 0.717) is 11.8 Å². The molecule has 28 valence electrons. The molecule has 6 heavy (non-hydrogen) atoms. The minimum absolute atomic E-state index is 0.500. The maximum Gasteiger partial charge on any atom is 0.261 e. The summed E-state index contributed by atoms with van der Waals surface area (Å²) in [4.78, 5) is 0. The zero-order chi connectivity index (χ0) is 3.31. The number of hydrazine groups is 2. The zero-order valence-electron chi connectivity index (χ0n) is 2.79. The third-order valence-electron chi connectivity index (χ3n) is 2.52. The van der Waals surface area contributed by atoms with E-state index in [-0.39, 0.29) is 0 Å². The summed E-state index contributed by atoms with van der Waals surface area (Å²) in [6, 6.07) is 0. The second kappa shape index (κ2) is 0.126. The van der Waals surface area contributed by atoms with E-state index < -0.39 is 0 Å². The van der Waals surface area contributed by atoms with Gasteiger partial charge in [0.05, 0.1) is 0 Å². The number of nitrogens with zero attached hydrogens (tertiary/aromatic N) is 4. The number of rotatable bonds is 0. The van der Waals surface area contributed by atoms with Crippen molar-refractivity contribution in [2.24, 2.45) is 0 Å². The molecule has 0 unspecified atom stereocenters. The Hall–Kier alpha value is -0.160. The van der Waals surface area contributed by atoms with Crippen molar-refractivity contribution in [2.45, 2.75) is 11.8 Å². The first-order valence-electron chi connectivity index (χ1n) is 2.19. The minimum atomic E-state index is 0.500. The largest absolute Gasteiger partial charge is 0.261 e. The van der Waals surface area contributed by atoms with Gasteiger partial charge in [-0.2, -0.15) is 0 Å². The van der Waals surface area contributed by atoms with Crippen molar-refractivity contribution < 1.29 is 0 Å². The summed E-state index contributed by atoms with van der Waals surface area (Å²) < 4.78 is 0. The van der Waals surface area contributed by atoms with Gasteiger partial charge in [0.25, 0.3) is 11.8 Å². The first-order chi connectivity index (χ1) is 2.98. The van der Waals surface area contributed by atoms with E-state index >= 15 is 0 Å². The predicted octanol–water partition coefficient (Wildman–Crippen LogP) is -1.69. The smallest absolute Gasteiger partial charge is 0.130 e. The van der Waals surface area contributed by atoms with Crippen molar-refractivity contribution >= 4 is 0 Å². The summed E-state index contributed by atoms with van der Waals surface area (Å²) in [5.74, 6) is 1.00. The molecule has 0 N–H and O–H groups in total. The molecule has 4 rings (SSSR count). The Morgan fingerprint density at radius 3 is 1.00 bits per heavy atom. The topological polar surface area (TPSA) is 12.0 Å².